The second-order valence-corrected chi connectivity index (χ2v) is 5.93. The van der Waals surface area contributed by atoms with Gasteiger partial charge in [0.1, 0.15) is 5.82 Å². The number of hydrogen-bond acceptors (Lipinski definition) is 3. The molecule has 2 aromatic rings. The van der Waals surface area contributed by atoms with Gasteiger partial charge in [-0.1, -0.05) is 18.2 Å². The number of alkyl halides is 2. The molecule has 1 aromatic carbocycles. The summed E-state index contributed by atoms with van der Waals surface area (Å²) in [5, 5.41) is 2.92. The SMILES string of the molecule is O=C(Nc1ccccc1)C1CCN(Cc2nccn2C(F)F)CC1. The molecular formula is C17H20F2N4O. The number of carbonyl (C=O) groups excluding carboxylic acids is 1. The Bertz CT molecular complexity index is 666. The summed E-state index contributed by atoms with van der Waals surface area (Å²) in [5.41, 5.74) is 0.795. The molecule has 1 N–H and O–H groups in total. The summed E-state index contributed by atoms with van der Waals surface area (Å²) in [6, 6.07) is 9.37. The van der Waals surface area contributed by atoms with Gasteiger partial charge in [0.15, 0.2) is 0 Å². The molecule has 24 heavy (non-hydrogen) atoms. The third-order valence-electron chi connectivity index (χ3n) is 4.32. The van der Waals surface area contributed by atoms with Gasteiger partial charge in [0.2, 0.25) is 5.91 Å². The van der Waals surface area contributed by atoms with Gasteiger partial charge < -0.3 is 5.32 Å². The van der Waals surface area contributed by atoms with E-state index in [2.05, 4.69) is 15.2 Å². The number of nitrogens with one attached hydrogen (secondary N) is 1. The first kappa shape index (κ1) is 16.6. The highest BCUT2D eigenvalue weighted by Gasteiger charge is 2.26. The van der Waals surface area contributed by atoms with E-state index in [0.29, 0.717) is 38.3 Å². The quantitative estimate of drug-likeness (QED) is 0.914. The van der Waals surface area contributed by atoms with Crippen LogP contribution < -0.4 is 5.32 Å². The molecule has 0 radical (unpaired) electrons. The number of carbonyl (C=O) groups is 1. The first-order chi connectivity index (χ1) is 11.6. The number of para-hydroxylation sites is 1. The van der Waals surface area contributed by atoms with Crippen molar-refractivity contribution in [1.82, 2.24) is 14.5 Å². The summed E-state index contributed by atoms with van der Waals surface area (Å²) >= 11 is 0. The second kappa shape index (κ2) is 7.53. The molecule has 0 bridgehead atoms. The zero-order valence-corrected chi connectivity index (χ0v) is 13.2. The topological polar surface area (TPSA) is 50.2 Å². The highest BCUT2D eigenvalue weighted by molar-refractivity contribution is 5.92. The second-order valence-electron chi connectivity index (χ2n) is 5.93. The maximum atomic E-state index is 12.8. The normalized spacial score (nSPS) is 16.5. The number of imidazole rings is 1. The van der Waals surface area contributed by atoms with Crippen LogP contribution in [-0.4, -0.2) is 33.4 Å². The van der Waals surface area contributed by atoms with Crippen LogP contribution in [0.5, 0.6) is 0 Å². The maximum Gasteiger partial charge on any atom is 0.319 e. The van der Waals surface area contributed by atoms with Crippen LogP contribution in [0.15, 0.2) is 42.7 Å². The van der Waals surface area contributed by atoms with Crippen molar-refractivity contribution in [3.8, 4) is 0 Å². The van der Waals surface area contributed by atoms with E-state index < -0.39 is 6.55 Å². The van der Waals surface area contributed by atoms with E-state index in [1.165, 1.54) is 12.4 Å². The Balaban J connectivity index is 1.50. The molecule has 0 atom stereocenters. The highest BCUT2D eigenvalue weighted by atomic mass is 19.3. The Morgan fingerprint density at radius 3 is 2.62 bits per heavy atom. The minimum atomic E-state index is -2.57. The lowest BCUT2D eigenvalue weighted by molar-refractivity contribution is -0.121. The number of nitrogens with zero attached hydrogens (tertiary/aromatic N) is 3. The molecule has 5 nitrogen and oxygen atoms in total. The molecule has 1 aliphatic rings. The van der Waals surface area contributed by atoms with Gasteiger partial charge >= 0.3 is 6.55 Å². The number of halogens is 2. The summed E-state index contributed by atoms with van der Waals surface area (Å²) in [6.07, 6.45) is 4.11. The molecule has 0 saturated carbocycles. The molecule has 0 aliphatic carbocycles. The molecule has 1 aliphatic heterocycles. The van der Waals surface area contributed by atoms with Crippen LogP contribution in [0.1, 0.15) is 25.2 Å². The molecule has 1 amide bonds. The lowest BCUT2D eigenvalue weighted by Crippen LogP contribution is -2.38. The van der Waals surface area contributed by atoms with Gasteiger partial charge in [0.05, 0.1) is 6.54 Å². The van der Waals surface area contributed by atoms with Crippen LogP contribution in [0.2, 0.25) is 0 Å². The van der Waals surface area contributed by atoms with Crippen LogP contribution in [-0.2, 0) is 11.3 Å². The van der Waals surface area contributed by atoms with E-state index in [1.54, 1.807) is 0 Å². The lowest BCUT2D eigenvalue weighted by atomic mass is 9.96. The Hall–Kier alpha value is -2.28. The zero-order chi connectivity index (χ0) is 16.9. The van der Waals surface area contributed by atoms with Crippen molar-refractivity contribution in [3.63, 3.8) is 0 Å². The minimum Gasteiger partial charge on any atom is -0.326 e. The Morgan fingerprint density at radius 1 is 1.25 bits per heavy atom. The molecule has 0 spiro atoms. The van der Waals surface area contributed by atoms with E-state index >= 15 is 0 Å². The van der Waals surface area contributed by atoms with Gasteiger partial charge in [-0.15, -0.1) is 0 Å². The fourth-order valence-electron chi connectivity index (χ4n) is 2.96. The summed E-state index contributed by atoms with van der Waals surface area (Å²) in [4.78, 5) is 18.4. The fourth-order valence-corrected chi connectivity index (χ4v) is 2.96. The predicted octanol–water partition coefficient (Wildman–Crippen LogP) is 3.13. The van der Waals surface area contributed by atoms with Crippen molar-refractivity contribution in [3.05, 3.63) is 48.5 Å². The third kappa shape index (κ3) is 3.97. The predicted molar refractivity (Wildman–Crippen MR) is 86.6 cm³/mol. The van der Waals surface area contributed by atoms with E-state index in [0.717, 1.165) is 10.3 Å². The van der Waals surface area contributed by atoms with Gasteiger partial charge in [-0.25, -0.2) is 4.98 Å². The van der Waals surface area contributed by atoms with Crippen molar-refractivity contribution in [2.75, 3.05) is 18.4 Å². The number of benzene rings is 1. The average Bonchev–Trinajstić information content (AvgIpc) is 3.05. The first-order valence-electron chi connectivity index (χ1n) is 8.01. The summed E-state index contributed by atoms with van der Waals surface area (Å²) in [7, 11) is 0. The molecule has 128 valence electrons. The van der Waals surface area contributed by atoms with Crippen molar-refractivity contribution in [2.24, 2.45) is 5.92 Å². The molecular weight excluding hydrogens is 314 g/mol. The summed E-state index contributed by atoms with van der Waals surface area (Å²) in [5.74, 6) is 0.336. The van der Waals surface area contributed by atoms with Crippen molar-refractivity contribution in [2.45, 2.75) is 25.9 Å². The van der Waals surface area contributed by atoms with E-state index in [4.69, 9.17) is 0 Å². The number of likely N-dealkylation sites (tertiary alicyclic amines) is 1. The monoisotopic (exact) mass is 334 g/mol. The summed E-state index contributed by atoms with van der Waals surface area (Å²) in [6.45, 7) is -0.798. The fraction of sp³-hybridized carbons (Fsp3) is 0.412. The van der Waals surface area contributed by atoms with Crippen LogP contribution in [0.25, 0.3) is 0 Å². The molecule has 2 heterocycles. The minimum absolute atomic E-state index is 0.0231. The molecule has 1 saturated heterocycles. The molecule has 1 fully saturated rings. The lowest BCUT2D eigenvalue weighted by Gasteiger charge is -2.31. The Morgan fingerprint density at radius 2 is 1.96 bits per heavy atom. The Kier molecular flexibility index (Phi) is 5.20. The zero-order valence-electron chi connectivity index (χ0n) is 13.2. The standard InChI is InChI=1S/C17H20F2N4O/c18-17(19)23-11-8-20-15(23)12-22-9-6-13(7-10-22)16(24)21-14-4-2-1-3-5-14/h1-5,8,11,13,17H,6-7,9-10,12H2,(H,21,24). The van der Waals surface area contributed by atoms with E-state index in [1.807, 2.05) is 30.3 Å². The number of aromatic nitrogens is 2. The van der Waals surface area contributed by atoms with Crippen molar-refractivity contribution < 1.29 is 13.6 Å². The van der Waals surface area contributed by atoms with Crippen LogP contribution >= 0.6 is 0 Å². The van der Waals surface area contributed by atoms with Crippen LogP contribution in [0.3, 0.4) is 0 Å². The van der Waals surface area contributed by atoms with E-state index in [-0.39, 0.29) is 11.8 Å². The number of rotatable bonds is 5. The maximum absolute atomic E-state index is 12.8. The molecule has 3 rings (SSSR count). The third-order valence-corrected chi connectivity index (χ3v) is 4.32. The number of anilines is 1. The van der Waals surface area contributed by atoms with Gasteiger partial charge in [-0.2, -0.15) is 8.78 Å². The highest BCUT2D eigenvalue weighted by Crippen LogP contribution is 2.21. The number of piperidine rings is 1. The molecule has 0 unspecified atom stereocenters. The largest absolute Gasteiger partial charge is 0.326 e. The van der Waals surface area contributed by atoms with E-state index in [9.17, 15) is 13.6 Å². The van der Waals surface area contributed by atoms with Crippen molar-refractivity contribution in [1.29, 1.82) is 0 Å². The average molecular weight is 334 g/mol. The smallest absolute Gasteiger partial charge is 0.319 e. The Labute approximate surface area is 139 Å². The molecule has 1 aromatic heterocycles. The van der Waals surface area contributed by atoms with Gasteiger partial charge in [0, 0.05) is 24.0 Å². The van der Waals surface area contributed by atoms with Crippen LogP contribution in [0.4, 0.5) is 14.5 Å². The molecule has 7 heteroatoms. The number of amides is 1. The first-order valence-corrected chi connectivity index (χ1v) is 8.01. The van der Waals surface area contributed by atoms with Crippen LogP contribution in [0, 0.1) is 5.92 Å². The van der Waals surface area contributed by atoms with Gasteiger partial charge in [-0.3, -0.25) is 14.3 Å². The van der Waals surface area contributed by atoms with Crippen molar-refractivity contribution >= 4 is 11.6 Å². The van der Waals surface area contributed by atoms with Gasteiger partial charge in [0.25, 0.3) is 0 Å². The number of hydrogen-bond donors (Lipinski definition) is 1. The summed E-state index contributed by atoms with van der Waals surface area (Å²) < 4.78 is 26.6. The van der Waals surface area contributed by atoms with Gasteiger partial charge in [-0.05, 0) is 38.1 Å².